The number of benzene rings is 2. The van der Waals surface area contributed by atoms with Crippen molar-refractivity contribution < 1.29 is 15.6 Å². The number of hydrogen-bond donors (Lipinski definition) is 1. The van der Waals surface area contributed by atoms with Gasteiger partial charge >= 0.3 is 0 Å². The first kappa shape index (κ1) is 11.6. The van der Waals surface area contributed by atoms with E-state index >= 15 is 0 Å². The molecule has 0 heterocycles. The lowest BCUT2D eigenvalue weighted by Gasteiger charge is -2.18. The van der Waals surface area contributed by atoms with Crippen LogP contribution >= 0.6 is 0 Å². The van der Waals surface area contributed by atoms with Gasteiger partial charge < -0.3 is 15.6 Å². The van der Waals surface area contributed by atoms with E-state index in [0.717, 1.165) is 16.3 Å². The molecule has 3 N–H and O–H groups in total. The van der Waals surface area contributed by atoms with Crippen molar-refractivity contribution in [2.75, 3.05) is 0 Å². The third-order valence-corrected chi connectivity index (χ3v) is 3.21. The molecule has 2 aromatic carbocycles. The number of hydrogen-bond acceptors (Lipinski definition) is 2. The van der Waals surface area contributed by atoms with Gasteiger partial charge in [-0.05, 0) is 16.3 Å². The van der Waals surface area contributed by atoms with Crippen LogP contribution < -0.4 is 10.8 Å². The van der Waals surface area contributed by atoms with Crippen LogP contribution in [0, 0.1) is 0 Å². The standard InChI is InChI=1S/C14H15NO2/c1-9(13(15)14(16)17)11-7-6-10-4-2-3-5-12(10)8-11/h2-9,13H,15H2,1H3,(H,16,17)/t9-,13-/m0/s1. The number of fused-ring (bicyclic) bond motifs is 1. The minimum absolute atomic E-state index is 0.149. The first-order chi connectivity index (χ1) is 8.09. The first-order valence-electron chi connectivity index (χ1n) is 5.62. The van der Waals surface area contributed by atoms with Crippen LogP contribution in [0.1, 0.15) is 18.4 Å². The number of rotatable bonds is 3. The molecule has 3 nitrogen and oxygen atoms in total. The molecule has 0 fully saturated rings. The van der Waals surface area contributed by atoms with Gasteiger partial charge in [0.15, 0.2) is 0 Å². The highest BCUT2D eigenvalue weighted by atomic mass is 16.4. The van der Waals surface area contributed by atoms with Crippen molar-refractivity contribution in [1.82, 2.24) is 0 Å². The molecule has 0 saturated heterocycles. The smallest absolute Gasteiger partial charge is 0.131 e. The monoisotopic (exact) mass is 229 g/mol. The van der Waals surface area contributed by atoms with Crippen LogP contribution in [0.15, 0.2) is 42.5 Å². The first-order valence-corrected chi connectivity index (χ1v) is 5.62. The molecule has 0 aliphatic carbocycles. The summed E-state index contributed by atoms with van der Waals surface area (Å²) < 4.78 is 0. The third kappa shape index (κ3) is 2.29. The van der Waals surface area contributed by atoms with E-state index in [4.69, 9.17) is 0 Å². The van der Waals surface area contributed by atoms with Crippen molar-refractivity contribution in [3.05, 3.63) is 48.0 Å². The number of carbonyl (C=O) groups is 1. The van der Waals surface area contributed by atoms with E-state index in [2.05, 4.69) is 5.73 Å². The molecule has 17 heavy (non-hydrogen) atoms. The van der Waals surface area contributed by atoms with E-state index in [-0.39, 0.29) is 5.92 Å². The number of quaternary nitrogens is 1. The molecule has 0 spiro atoms. The van der Waals surface area contributed by atoms with Crippen LogP contribution in [0.4, 0.5) is 0 Å². The summed E-state index contributed by atoms with van der Waals surface area (Å²) >= 11 is 0. The highest BCUT2D eigenvalue weighted by molar-refractivity contribution is 5.83. The highest BCUT2D eigenvalue weighted by Crippen LogP contribution is 2.22. The zero-order valence-corrected chi connectivity index (χ0v) is 9.72. The molecule has 0 radical (unpaired) electrons. The topological polar surface area (TPSA) is 67.8 Å². The van der Waals surface area contributed by atoms with Crippen LogP contribution in [-0.4, -0.2) is 12.0 Å². The molecule has 88 valence electrons. The Morgan fingerprint density at radius 2 is 1.82 bits per heavy atom. The van der Waals surface area contributed by atoms with Gasteiger partial charge in [0.25, 0.3) is 0 Å². The maximum absolute atomic E-state index is 10.8. The maximum Gasteiger partial charge on any atom is 0.131 e. The lowest BCUT2D eigenvalue weighted by atomic mass is 9.92. The highest BCUT2D eigenvalue weighted by Gasteiger charge is 2.19. The number of carboxylic acids is 1. The Labute approximate surface area is 99.9 Å². The number of carbonyl (C=O) groups excluding carboxylic acids is 1. The van der Waals surface area contributed by atoms with Gasteiger partial charge in [-0.15, -0.1) is 0 Å². The normalized spacial score (nSPS) is 14.5. The Kier molecular flexibility index (Phi) is 3.11. The van der Waals surface area contributed by atoms with Crippen molar-refractivity contribution in [1.29, 1.82) is 0 Å². The zero-order valence-electron chi connectivity index (χ0n) is 9.72. The van der Waals surface area contributed by atoms with E-state index in [9.17, 15) is 9.90 Å². The molecule has 2 rings (SSSR count). The molecule has 2 aromatic rings. The number of aliphatic carboxylic acids is 1. The van der Waals surface area contributed by atoms with E-state index in [0.29, 0.717) is 0 Å². The van der Waals surface area contributed by atoms with Crippen LogP contribution in [0.2, 0.25) is 0 Å². The van der Waals surface area contributed by atoms with E-state index in [1.54, 1.807) is 0 Å². The van der Waals surface area contributed by atoms with Crippen LogP contribution in [0.3, 0.4) is 0 Å². The van der Waals surface area contributed by atoms with Crippen molar-refractivity contribution >= 4 is 16.7 Å². The average molecular weight is 229 g/mol. The molecule has 0 aliphatic heterocycles. The average Bonchev–Trinajstić information content (AvgIpc) is 2.36. The Hall–Kier alpha value is -1.87. The van der Waals surface area contributed by atoms with Gasteiger partial charge in [0.2, 0.25) is 0 Å². The Morgan fingerprint density at radius 3 is 2.47 bits per heavy atom. The largest absolute Gasteiger partial charge is 0.544 e. The lowest BCUT2D eigenvalue weighted by molar-refractivity contribution is -0.441. The summed E-state index contributed by atoms with van der Waals surface area (Å²) in [4.78, 5) is 10.8. The Balaban J connectivity index is 2.39. The summed E-state index contributed by atoms with van der Waals surface area (Å²) in [6, 6.07) is 13.2. The third-order valence-electron chi connectivity index (χ3n) is 3.21. The maximum atomic E-state index is 10.8. The van der Waals surface area contributed by atoms with E-state index < -0.39 is 12.0 Å². The quantitative estimate of drug-likeness (QED) is 0.822. The van der Waals surface area contributed by atoms with Crippen molar-refractivity contribution in [2.45, 2.75) is 18.9 Å². The summed E-state index contributed by atoms with van der Waals surface area (Å²) in [5.74, 6) is -1.25. The minimum atomic E-state index is -1.11. The van der Waals surface area contributed by atoms with Crippen molar-refractivity contribution in [3.63, 3.8) is 0 Å². The minimum Gasteiger partial charge on any atom is -0.544 e. The second-order valence-electron chi connectivity index (χ2n) is 4.32. The van der Waals surface area contributed by atoms with Gasteiger partial charge in [-0.3, -0.25) is 0 Å². The fourth-order valence-electron chi connectivity index (χ4n) is 1.93. The van der Waals surface area contributed by atoms with Gasteiger partial charge in [0, 0.05) is 5.92 Å². The van der Waals surface area contributed by atoms with Crippen molar-refractivity contribution in [3.8, 4) is 0 Å². The SMILES string of the molecule is C[C@@H](c1ccc2ccccc2c1)[C@H]([NH3+])C(=O)[O-]. The van der Waals surface area contributed by atoms with E-state index in [1.807, 2.05) is 49.4 Å². The van der Waals surface area contributed by atoms with Crippen LogP contribution in [0.5, 0.6) is 0 Å². The predicted molar refractivity (Wildman–Crippen MR) is 64.0 cm³/mol. The summed E-state index contributed by atoms with van der Waals surface area (Å²) in [7, 11) is 0. The fourth-order valence-corrected chi connectivity index (χ4v) is 1.93. The van der Waals surface area contributed by atoms with Gasteiger partial charge in [-0.2, -0.15) is 0 Å². The Morgan fingerprint density at radius 1 is 1.18 bits per heavy atom. The summed E-state index contributed by atoms with van der Waals surface area (Å²) in [5.41, 5.74) is 4.61. The van der Waals surface area contributed by atoms with Gasteiger partial charge in [-0.25, -0.2) is 0 Å². The molecule has 0 unspecified atom stereocenters. The molecular weight excluding hydrogens is 214 g/mol. The molecule has 0 bridgehead atoms. The molecule has 2 atom stereocenters. The van der Waals surface area contributed by atoms with E-state index in [1.165, 1.54) is 0 Å². The molecule has 3 heteroatoms. The predicted octanol–water partition coefficient (Wildman–Crippen LogP) is 0.304. The summed E-state index contributed by atoms with van der Waals surface area (Å²) in [6.07, 6.45) is 0. The molecule has 0 aliphatic rings. The summed E-state index contributed by atoms with van der Waals surface area (Å²) in [6.45, 7) is 1.86. The second kappa shape index (κ2) is 4.55. The Bertz CT molecular complexity index is 551. The molecule has 0 saturated carbocycles. The summed E-state index contributed by atoms with van der Waals surface area (Å²) in [5, 5.41) is 13.1. The second-order valence-corrected chi connectivity index (χ2v) is 4.32. The molecular formula is C14H15NO2. The lowest BCUT2D eigenvalue weighted by Crippen LogP contribution is -2.70. The zero-order chi connectivity index (χ0) is 12.4. The van der Waals surface area contributed by atoms with Crippen LogP contribution in [-0.2, 0) is 4.79 Å². The fraction of sp³-hybridized carbons (Fsp3) is 0.214. The molecule has 0 amide bonds. The van der Waals surface area contributed by atoms with Crippen molar-refractivity contribution in [2.24, 2.45) is 0 Å². The number of carboxylic acid groups (broad SMARTS) is 1. The van der Waals surface area contributed by atoms with Crippen LogP contribution in [0.25, 0.3) is 10.8 Å². The van der Waals surface area contributed by atoms with Gasteiger partial charge in [0.05, 0.1) is 5.97 Å². The van der Waals surface area contributed by atoms with Gasteiger partial charge in [0.1, 0.15) is 6.04 Å². The molecule has 0 aromatic heterocycles. The van der Waals surface area contributed by atoms with Gasteiger partial charge in [-0.1, -0.05) is 49.4 Å².